The molecule has 152 valence electrons. The van der Waals surface area contributed by atoms with Gasteiger partial charge >= 0.3 is 0 Å². The minimum absolute atomic E-state index is 0.777. The van der Waals surface area contributed by atoms with Crippen LogP contribution >= 0.6 is 11.3 Å². The minimum atomic E-state index is 0.777. The molecule has 0 spiro atoms. The van der Waals surface area contributed by atoms with Gasteiger partial charge in [-0.1, -0.05) is 35.9 Å². The molecule has 1 aliphatic heterocycles. The van der Waals surface area contributed by atoms with E-state index >= 15 is 0 Å². The molecule has 0 amide bonds. The minimum Gasteiger partial charge on any atom is -0.368 e. The number of nitrogens with zero attached hydrogens (tertiary/aromatic N) is 4. The van der Waals surface area contributed by atoms with Gasteiger partial charge in [0.15, 0.2) is 0 Å². The predicted octanol–water partition coefficient (Wildman–Crippen LogP) is 4.94. The molecular weight excluding hydrogens is 390 g/mol. The first kappa shape index (κ1) is 18.9. The fourth-order valence-electron chi connectivity index (χ4n) is 3.84. The van der Waals surface area contributed by atoms with E-state index in [2.05, 4.69) is 76.0 Å². The molecule has 2 aromatic carbocycles. The quantitative estimate of drug-likeness (QED) is 0.500. The Labute approximate surface area is 181 Å². The van der Waals surface area contributed by atoms with Crippen LogP contribution in [0.15, 0.2) is 66.0 Å². The molecule has 2 aromatic heterocycles. The van der Waals surface area contributed by atoms with Gasteiger partial charge in [-0.05, 0) is 42.6 Å². The Morgan fingerprint density at radius 1 is 0.867 bits per heavy atom. The van der Waals surface area contributed by atoms with Crippen molar-refractivity contribution in [2.24, 2.45) is 0 Å². The molecule has 1 aliphatic rings. The van der Waals surface area contributed by atoms with Gasteiger partial charge in [0.2, 0.25) is 5.95 Å². The van der Waals surface area contributed by atoms with Crippen LogP contribution in [0.4, 0.5) is 17.5 Å². The van der Waals surface area contributed by atoms with E-state index in [1.807, 2.05) is 12.1 Å². The number of aromatic nitrogens is 2. The molecule has 5 rings (SSSR count). The van der Waals surface area contributed by atoms with Crippen molar-refractivity contribution in [2.45, 2.75) is 13.5 Å². The zero-order valence-electron chi connectivity index (χ0n) is 17.1. The highest BCUT2D eigenvalue weighted by molar-refractivity contribution is 7.09. The second kappa shape index (κ2) is 8.32. The van der Waals surface area contributed by atoms with Crippen molar-refractivity contribution in [1.29, 1.82) is 0 Å². The van der Waals surface area contributed by atoms with Crippen molar-refractivity contribution < 1.29 is 0 Å². The van der Waals surface area contributed by atoms with E-state index in [0.29, 0.717) is 0 Å². The average molecular weight is 416 g/mol. The van der Waals surface area contributed by atoms with Crippen LogP contribution in [0.1, 0.15) is 10.4 Å². The molecule has 30 heavy (non-hydrogen) atoms. The van der Waals surface area contributed by atoms with E-state index < -0.39 is 0 Å². The Morgan fingerprint density at radius 3 is 2.40 bits per heavy atom. The average Bonchev–Trinajstić information content (AvgIpc) is 3.32. The Balaban J connectivity index is 1.36. The lowest BCUT2D eigenvalue weighted by atomic mass is 10.2. The fourth-order valence-corrected chi connectivity index (χ4v) is 4.49. The van der Waals surface area contributed by atoms with E-state index in [9.17, 15) is 0 Å². The van der Waals surface area contributed by atoms with Crippen LogP contribution in [0.5, 0.6) is 0 Å². The van der Waals surface area contributed by atoms with Crippen LogP contribution < -0.4 is 15.1 Å². The van der Waals surface area contributed by atoms with E-state index in [0.717, 1.165) is 55.4 Å². The molecule has 0 radical (unpaired) electrons. The predicted molar refractivity (Wildman–Crippen MR) is 127 cm³/mol. The highest BCUT2D eigenvalue weighted by Crippen LogP contribution is 2.26. The number of fused-ring (bicyclic) bond motifs is 1. The van der Waals surface area contributed by atoms with E-state index in [1.165, 1.54) is 16.1 Å². The lowest BCUT2D eigenvalue weighted by molar-refractivity contribution is 0.641. The van der Waals surface area contributed by atoms with Crippen molar-refractivity contribution in [2.75, 3.05) is 41.3 Å². The fraction of sp³-hybridized carbons (Fsp3) is 0.250. The summed E-state index contributed by atoms with van der Waals surface area (Å²) >= 11 is 1.76. The van der Waals surface area contributed by atoms with Crippen LogP contribution in [-0.2, 0) is 6.54 Å². The standard InChI is InChI=1S/C24H25N5S/c1-18-8-10-19(11-9-18)28-12-14-29(15-13-28)24-26-22-7-3-2-6-21(22)23(27-24)25-17-20-5-4-16-30-20/h2-11,16H,12-15,17H2,1H3,(H,25,26,27). The summed E-state index contributed by atoms with van der Waals surface area (Å²) in [5.74, 6) is 1.72. The summed E-state index contributed by atoms with van der Waals surface area (Å²) in [5.41, 5.74) is 3.57. The maximum atomic E-state index is 4.92. The molecule has 3 heterocycles. The molecule has 0 saturated carbocycles. The third-order valence-electron chi connectivity index (χ3n) is 5.56. The number of piperazine rings is 1. The normalized spacial score (nSPS) is 14.3. The number of anilines is 3. The van der Waals surface area contributed by atoms with Gasteiger partial charge in [-0.3, -0.25) is 0 Å². The van der Waals surface area contributed by atoms with Gasteiger partial charge in [-0.2, -0.15) is 4.98 Å². The Morgan fingerprint density at radius 2 is 1.63 bits per heavy atom. The number of rotatable bonds is 5. The molecule has 1 N–H and O–H groups in total. The first-order valence-corrected chi connectivity index (χ1v) is 11.2. The zero-order valence-corrected chi connectivity index (χ0v) is 17.9. The first-order valence-electron chi connectivity index (χ1n) is 10.4. The van der Waals surface area contributed by atoms with Gasteiger partial charge < -0.3 is 15.1 Å². The van der Waals surface area contributed by atoms with Crippen molar-refractivity contribution in [1.82, 2.24) is 9.97 Å². The van der Waals surface area contributed by atoms with Gasteiger partial charge in [0.25, 0.3) is 0 Å². The Hall–Kier alpha value is -3.12. The second-order valence-electron chi connectivity index (χ2n) is 7.63. The topological polar surface area (TPSA) is 44.3 Å². The number of aryl methyl sites for hydroxylation is 1. The molecule has 0 unspecified atom stereocenters. The van der Waals surface area contributed by atoms with Crippen LogP contribution in [0.3, 0.4) is 0 Å². The summed E-state index contributed by atoms with van der Waals surface area (Å²) in [6, 6.07) is 21.3. The van der Waals surface area contributed by atoms with Crippen LogP contribution in [0, 0.1) is 6.92 Å². The molecule has 4 aromatic rings. The van der Waals surface area contributed by atoms with E-state index in [4.69, 9.17) is 9.97 Å². The Kier molecular flexibility index (Phi) is 5.24. The molecule has 0 aliphatic carbocycles. The molecular formula is C24H25N5S. The molecule has 0 bridgehead atoms. The van der Waals surface area contributed by atoms with Gasteiger partial charge in [-0.15, -0.1) is 11.3 Å². The Bertz CT molecular complexity index is 1120. The van der Waals surface area contributed by atoms with Gasteiger partial charge in [0.1, 0.15) is 5.82 Å². The largest absolute Gasteiger partial charge is 0.368 e. The van der Waals surface area contributed by atoms with Crippen LogP contribution in [0.25, 0.3) is 10.9 Å². The molecule has 1 saturated heterocycles. The SMILES string of the molecule is Cc1ccc(N2CCN(c3nc(NCc4cccs4)c4ccccc4n3)CC2)cc1. The van der Waals surface area contributed by atoms with E-state index in [1.54, 1.807) is 11.3 Å². The summed E-state index contributed by atoms with van der Waals surface area (Å²) in [6.45, 7) is 6.67. The monoisotopic (exact) mass is 415 g/mol. The lowest BCUT2D eigenvalue weighted by Crippen LogP contribution is -2.47. The summed E-state index contributed by atoms with van der Waals surface area (Å²) in [5, 5.41) is 6.70. The highest BCUT2D eigenvalue weighted by Gasteiger charge is 2.20. The summed E-state index contributed by atoms with van der Waals surface area (Å²) in [6.07, 6.45) is 0. The van der Waals surface area contributed by atoms with Gasteiger partial charge in [-0.25, -0.2) is 4.98 Å². The maximum Gasteiger partial charge on any atom is 0.228 e. The third-order valence-corrected chi connectivity index (χ3v) is 6.44. The number of hydrogen-bond donors (Lipinski definition) is 1. The number of benzene rings is 2. The molecule has 5 nitrogen and oxygen atoms in total. The number of nitrogens with one attached hydrogen (secondary N) is 1. The summed E-state index contributed by atoms with van der Waals surface area (Å²) < 4.78 is 0. The summed E-state index contributed by atoms with van der Waals surface area (Å²) in [4.78, 5) is 15.8. The van der Waals surface area contributed by atoms with Crippen molar-refractivity contribution in [3.8, 4) is 0 Å². The zero-order chi connectivity index (χ0) is 20.3. The maximum absolute atomic E-state index is 4.92. The summed E-state index contributed by atoms with van der Waals surface area (Å²) in [7, 11) is 0. The third kappa shape index (κ3) is 3.96. The van der Waals surface area contributed by atoms with Gasteiger partial charge in [0.05, 0.1) is 12.1 Å². The molecule has 6 heteroatoms. The van der Waals surface area contributed by atoms with Crippen molar-refractivity contribution in [3.05, 3.63) is 76.5 Å². The number of hydrogen-bond acceptors (Lipinski definition) is 6. The first-order chi connectivity index (χ1) is 14.8. The smallest absolute Gasteiger partial charge is 0.228 e. The van der Waals surface area contributed by atoms with Crippen molar-refractivity contribution >= 4 is 39.7 Å². The lowest BCUT2D eigenvalue weighted by Gasteiger charge is -2.36. The van der Waals surface area contributed by atoms with E-state index in [-0.39, 0.29) is 0 Å². The number of thiophene rings is 1. The molecule has 1 fully saturated rings. The van der Waals surface area contributed by atoms with Gasteiger partial charge in [0, 0.05) is 42.1 Å². The van der Waals surface area contributed by atoms with Crippen LogP contribution in [-0.4, -0.2) is 36.1 Å². The molecule has 0 atom stereocenters. The highest BCUT2D eigenvalue weighted by atomic mass is 32.1. The second-order valence-corrected chi connectivity index (χ2v) is 8.66. The number of para-hydroxylation sites is 1. The van der Waals surface area contributed by atoms with Crippen LogP contribution in [0.2, 0.25) is 0 Å². The van der Waals surface area contributed by atoms with Crippen molar-refractivity contribution in [3.63, 3.8) is 0 Å².